The zero-order valence-electron chi connectivity index (χ0n) is 13.4. The third-order valence-corrected chi connectivity index (χ3v) is 6.97. The predicted molar refractivity (Wildman–Crippen MR) is 93.7 cm³/mol. The molecule has 7 heteroatoms. The monoisotopic (exact) mass is 357 g/mol. The lowest BCUT2D eigenvalue weighted by molar-refractivity contribution is -0.119. The standard InChI is InChI=1S/C16H23NO4S2/c1-3-21-14-6-4-5-13(9-14)12(2)17-16(18)10-22-15-7-8-23(19,20)11-15/h4-6,9,12,15H,3,7-8,10-11H2,1-2H3,(H,17,18)/t12-,15+/m1/s1. The molecule has 1 saturated heterocycles. The van der Waals surface area contributed by atoms with Gasteiger partial charge in [0.05, 0.1) is 29.9 Å². The van der Waals surface area contributed by atoms with Gasteiger partial charge in [-0.1, -0.05) is 12.1 Å². The first-order valence-corrected chi connectivity index (χ1v) is 10.6. The molecule has 23 heavy (non-hydrogen) atoms. The Balaban J connectivity index is 1.81. The summed E-state index contributed by atoms with van der Waals surface area (Å²) in [5.41, 5.74) is 0.984. The van der Waals surface area contributed by atoms with E-state index in [0.29, 0.717) is 13.0 Å². The van der Waals surface area contributed by atoms with Crippen LogP contribution in [-0.2, 0) is 14.6 Å². The minimum absolute atomic E-state index is 0.0438. The van der Waals surface area contributed by atoms with Gasteiger partial charge in [-0.05, 0) is 38.0 Å². The molecular weight excluding hydrogens is 334 g/mol. The second kappa shape index (κ2) is 8.06. The molecule has 5 nitrogen and oxygen atoms in total. The van der Waals surface area contributed by atoms with Gasteiger partial charge in [0.2, 0.25) is 5.91 Å². The summed E-state index contributed by atoms with van der Waals surface area (Å²) in [4.78, 5) is 12.0. The van der Waals surface area contributed by atoms with Gasteiger partial charge in [0.15, 0.2) is 9.84 Å². The Morgan fingerprint density at radius 2 is 2.26 bits per heavy atom. The Kier molecular flexibility index (Phi) is 6.35. The summed E-state index contributed by atoms with van der Waals surface area (Å²) in [6.45, 7) is 4.46. The Hall–Kier alpha value is -1.21. The molecule has 0 spiro atoms. The lowest BCUT2D eigenvalue weighted by Gasteiger charge is -2.16. The van der Waals surface area contributed by atoms with Crippen molar-refractivity contribution in [2.45, 2.75) is 31.6 Å². The van der Waals surface area contributed by atoms with Crippen molar-refractivity contribution in [1.82, 2.24) is 5.32 Å². The molecule has 0 aromatic heterocycles. The maximum absolute atomic E-state index is 12.0. The second-order valence-electron chi connectivity index (χ2n) is 5.63. The van der Waals surface area contributed by atoms with Gasteiger partial charge in [-0.15, -0.1) is 11.8 Å². The summed E-state index contributed by atoms with van der Waals surface area (Å²) in [5, 5.41) is 2.99. The smallest absolute Gasteiger partial charge is 0.230 e. The minimum atomic E-state index is -2.89. The van der Waals surface area contributed by atoms with Crippen LogP contribution in [0.1, 0.15) is 31.9 Å². The van der Waals surface area contributed by atoms with E-state index in [0.717, 1.165) is 11.3 Å². The fraction of sp³-hybridized carbons (Fsp3) is 0.562. The van der Waals surface area contributed by atoms with Crippen molar-refractivity contribution in [1.29, 1.82) is 0 Å². The van der Waals surface area contributed by atoms with Crippen LogP contribution < -0.4 is 10.1 Å². The molecule has 0 radical (unpaired) electrons. The minimum Gasteiger partial charge on any atom is -0.494 e. The first kappa shape index (κ1) is 18.1. The van der Waals surface area contributed by atoms with E-state index < -0.39 is 9.84 Å². The average Bonchev–Trinajstić information content (AvgIpc) is 2.85. The highest BCUT2D eigenvalue weighted by atomic mass is 32.2. The lowest BCUT2D eigenvalue weighted by Crippen LogP contribution is -2.29. The van der Waals surface area contributed by atoms with Crippen LogP contribution >= 0.6 is 11.8 Å². The van der Waals surface area contributed by atoms with Gasteiger partial charge in [0, 0.05) is 5.25 Å². The molecule has 1 N–H and O–H groups in total. The largest absolute Gasteiger partial charge is 0.494 e. The Morgan fingerprint density at radius 3 is 2.91 bits per heavy atom. The molecule has 2 atom stereocenters. The SMILES string of the molecule is CCOc1cccc([C@@H](C)NC(=O)CS[C@H]2CCS(=O)(=O)C2)c1. The van der Waals surface area contributed by atoms with Crippen LogP contribution in [0.15, 0.2) is 24.3 Å². The van der Waals surface area contributed by atoms with Crippen LogP contribution in [-0.4, -0.2) is 43.4 Å². The van der Waals surface area contributed by atoms with Crippen molar-refractivity contribution >= 4 is 27.5 Å². The molecule has 0 saturated carbocycles. The number of rotatable bonds is 7. The third-order valence-electron chi connectivity index (χ3n) is 3.69. The van der Waals surface area contributed by atoms with E-state index in [1.54, 1.807) is 0 Å². The van der Waals surface area contributed by atoms with Crippen LogP contribution in [0.5, 0.6) is 5.75 Å². The van der Waals surface area contributed by atoms with Crippen LogP contribution in [0.25, 0.3) is 0 Å². The second-order valence-corrected chi connectivity index (χ2v) is 9.15. The normalized spacial score (nSPS) is 20.9. The van der Waals surface area contributed by atoms with Crippen molar-refractivity contribution in [3.05, 3.63) is 29.8 Å². The van der Waals surface area contributed by atoms with Crippen molar-refractivity contribution < 1.29 is 17.9 Å². The molecule has 2 rings (SSSR count). The number of carbonyl (C=O) groups is 1. The summed E-state index contributed by atoms with van der Waals surface area (Å²) in [7, 11) is -2.89. The van der Waals surface area contributed by atoms with Gasteiger partial charge < -0.3 is 10.1 Å². The molecule has 1 fully saturated rings. The number of carbonyl (C=O) groups excluding carboxylic acids is 1. The van der Waals surface area contributed by atoms with E-state index in [-0.39, 0.29) is 34.5 Å². The Bertz CT molecular complexity index is 645. The van der Waals surface area contributed by atoms with E-state index in [9.17, 15) is 13.2 Å². The molecule has 0 aliphatic carbocycles. The van der Waals surface area contributed by atoms with Gasteiger partial charge >= 0.3 is 0 Å². The zero-order valence-corrected chi connectivity index (χ0v) is 15.1. The number of hydrogen-bond acceptors (Lipinski definition) is 5. The lowest BCUT2D eigenvalue weighted by atomic mass is 10.1. The number of nitrogens with one attached hydrogen (secondary N) is 1. The summed E-state index contributed by atoms with van der Waals surface area (Å²) in [6, 6.07) is 7.55. The van der Waals surface area contributed by atoms with Gasteiger partial charge in [-0.25, -0.2) is 8.42 Å². The first-order valence-electron chi connectivity index (χ1n) is 7.74. The van der Waals surface area contributed by atoms with Gasteiger partial charge in [0.25, 0.3) is 0 Å². The van der Waals surface area contributed by atoms with E-state index in [1.807, 2.05) is 38.1 Å². The van der Waals surface area contributed by atoms with Crippen LogP contribution in [0.2, 0.25) is 0 Å². The highest BCUT2D eigenvalue weighted by molar-refractivity contribution is 8.02. The predicted octanol–water partition coefficient (Wildman–Crippen LogP) is 2.18. The van der Waals surface area contributed by atoms with Crippen molar-refractivity contribution in [3.8, 4) is 5.75 Å². The number of thioether (sulfide) groups is 1. The summed E-state index contributed by atoms with van der Waals surface area (Å²) in [6.07, 6.45) is 0.645. The van der Waals surface area contributed by atoms with Gasteiger partial charge in [-0.3, -0.25) is 4.79 Å². The fourth-order valence-corrected chi connectivity index (χ4v) is 5.95. The van der Waals surface area contributed by atoms with E-state index in [1.165, 1.54) is 11.8 Å². The zero-order chi connectivity index (χ0) is 16.9. The highest BCUT2D eigenvalue weighted by Gasteiger charge is 2.28. The van der Waals surface area contributed by atoms with Gasteiger partial charge in [-0.2, -0.15) is 0 Å². The molecule has 1 aliphatic rings. The molecule has 0 bridgehead atoms. The number of hydrogen-bond donors (Lipinski definition) is 1. The maximum Gasteiger partial charge on any atom is 0.230 e. The van der Waals surface area contributed by atoms with Crippen LogP contribution in [0.3, 0.4) is 0 Å². The van der Waals surface area contributed by atoms with Crippen LogP contribution in [0, 0.1) is 0 Å². The molecule has 1 amide bonds. The highest BCUT2D eigenvalue weighted by Crippen LogP contribution is 2.24. The molecule has 1 aliphatic heterocycles. The summed E-state index contributed by atoms with van der Waals surface area (Å²) >= 11 is 1.43. The first-order chi connectivity index (χ1) is 10.9. The molecular formula is C16H23NO4S2. The van der Waals surface area contributed by atoms with E-state index in [2.05, 4.69) is 5.32 Å². The maximum atomic E-state index is 12.0. The van der Waals surface area contributed by atoms with E-state index >= 15 is 0 Å². The number of sulfone groups is 1. The van der Waals surface area contributed by atoms with Crippen molar-refractivity contribution in [3.63, 3.8) is 0 Å². The molecule has 1 heterocycles. The Labute approximate surface area is 142 Å². The van der Waals surface area contributed by atoms with Gasteiger partial charge in [0.1, 0.15) is 5.75 Å². The van der Waals surface area contributed by atoms with Crippen molar-refractivity contribution in [2.75, 3.05) is 23.9 Å². The third kappa shape index (κ3) is 5.73. The topological polar surface area (TPSA) is 72.5 Å². The Morgan fingerprint density at radius 1 is 1.48 bits per heavy atom. The summed E-state index contributed by atoms with van der Waals surface area (Å²) in [5.74, 6) is 1.43. The number of amides is 1. The van der Waals surface area contributed by atoms with E-state index in [4.69, 9.17) is 4.74 Å². The fourth-order valence-electron chi connectivity index (χ4n) is 2.49. The molecule has 128 valence electrons. The quantitative estimate of drug-likeness (QED) is 0.810. The average molecular weight is 357 g/mol. The molecule has 1 aromatic rings. The number of ether oxygens (including phenoxy) is 1. The molecule has 1 aromatic carbocycles. The summed E-state index contributed by atoms with van der Waals surface area (Å²) < 4.78 is 28.3. The van der Waals surface area contributed by atoms with Crippen molar-refractivity contribution in [2.24, 2.45) is 0 Å². The number of benzene rings is 1. The van der Waals surface area contributed by atoms with Crippen LogP contribution in [0.4, 0.5) is 0 Å². The molecule has 0 unspecified atom stereocenters.